The van der Waals surface area contributed by atoms with Crippen molar-refractivity contribution in [1.82, 2.24) is 9.97 Å². The Morgan fingerprint density at radius 3 is 2.95 bits per heavy atom. The van der Waals surface area contributed by atoms with Crippen LogP contribution in [0, 0.1) is 12.8 Å². The van der Waals surface area contributed by atoms with Gasteiger partial charge in [0, 0.05) is 30.4 Å². The zero-order valence-corrected chi connectivity index (χ0v) is 13.2. The summed E-state index contributed by atoms with van der Waals surface area (Å²) < 4.78 is 11.1. The van der Waals surface area contributed by atoms with Crippen LogP contribution in [0.5, 0.6) is 11.5 Å². The summed E-state index contributed by atoms with van der Waals surface area (Å²) in [4.78, 5) is 8.86. The van der Waals surface area contributed by atoms with Crippen LogP contribution in [0.4, 0.5) is 5.95 Å². The number of nitrogens with zero attached hydrogens (tertiary/aromatic N) is 2. The molecule has 1 atom stereocenters. The first-order valence-electron chi connectivity index (χ1n) is 7.50. The largest absolute Gasteiger partial charge is 0.497 e. The topological polar surface area (TPSA) is 56.3 Å². The molecule has 1 aromatic heterocycles. The molecule has 0 saturated carbocycles. The number of aryl methyl sites for hydroxylation is 1. The van der Waals surface area contributed by atoms with Crippen molar-refractivity contribution < 1.29 is 9.47 Å². The number of fused-ring (bicyclic) bond motifs is 1. The van der Waals surface area contributed by atoms with Crippen molar-refractivity contribution >= 4 is 5.95 Å². The van der Waals surface area contributed by atoms with E-state index in [-0.39, 0.29) is 0 Å². The van der Waals surface area contributed by atoms with Crippen molar-refractivity contribution in [2.24, 2.45) is 5.92 Å². The van der Waals surface area contributed by atoms with E-state index in [1.54, 1.807) is 7.11 Å². The van der Waals surface area contributed by atoms with Crippen LogP contribution in [-0.4, -0.2) is 30.7 Å². The number of anilines is 1. The summed E-state index contributed by atoms with van der Waals surface area (Å²) in [6.07, 6.45) is 1.89. The lowest BCUT2D eigenvalue weighted by molar-refractivity contribution is 0.219. The molecule has 0 aliphatic carbocycles. The summed E-state index contributed by atoms with van der Waals surface area (Å²) in [6, 6.07) is 8.08. The highest BCUT2D eigenvalue weighted by Crippen LogP contribution is 2.32. The van der Waals surface area contributed by atoms with Gasteiger partial charge in [-0.2, -0.15) is 0 Å². The monoisotopic (exact) mass is 299 g/mol. The van der Waals surface area contributed by atoms with Crippen molar-refractivity contribution in [2.75, 3.05) is 26.1 Å². The quantitative estimate of drug-likeness (QED) is 0.940. The van der Waals surface area contributed by atoms with Crippen LogP contribution in [-0.2, 0) is 12.8 Å². The number of rotatable bonds is 4. The molecule has 1 aliphatic heterocycles. The Morgan fingerprint density at radius 1 is 1.32 bits per heavy atom. The molecule has 2 heterocycles. The first kappa shape index (κ1) is 14.6. The van der Waals surface area contributed by atoms with Crippen LogP contribution in [0.2, 0.25) is 0 Å². The summed E-state index contributed by atoms with van der Waals surface area (Å²) in [7, 11) is 3.51. The number of ether oxygens (including phenoxy) is 2. The van der Waals surface area contributed by atoms with Crippen LogP contribution in [0.3, 0.4) is 0 Å². The Kier molecular flexibility index (Phi) is 4.13. The van der Waals surface area contributed by atoms with Crippen molar-refractivity contribution in [2.45, 2.75) is 19.8 Å². The van der Waals surface area contributed by atoms with Crippen LogP contribution >= 0.6 is 0 Å². The maximum absolute atomic E-state index is 5.90. The Bertz CT molecular complexity index is 673. The molecule has 0 bridgehead atoms. The van der Waals surface area contributed by atoms with Crippen molar-refractivity contribution in [3.8, 4) is 11.5 Å². The third-order valence-corrected chi connectivity index (χ3v) is 3.89. The predicted molar refractivity (Wildman–Crippen MR) is 85.7 cm³/mol. The van der Waals surface area contributed by atoms with Gasteiger partial charge in [-0.1, -0.05) is 6.07 Å². The lowest BCUT2D eigenvalue weighted by atomic mass is 9.92. The predicted octanol–water partition coefficient (Wildman–Crippen LogP) is 2.63. The smallest absolute Gasteiger partial charge is 0.222 e. The molecule has 0 fully saturated rings. The molecule has 1 N–H and O–H groups in total. The minimum atomic E-state index is 0.430. The number of aromatic nitrogens is 2. The second-order valence-electron chi connectivity index (χ2n) is 5.63. The molecular formula is C17H21N3O2. The fourth-order valence-corrected chi connectivity index (χ4v) is 2.82. The van der Waals surface area contributed by atoms with Gasteiger partial charge in [-0.3, -0.25) is 0 Å². The van der Waals surface area contributed by atoms with Gasteiger partial charge >= 0.3 is 0 Å². The van der Waals surface area contributed by atoms with Crippen molar-refractivity contribution in [3.63, 3.8) is 0 Å². The molecule has 116 valence electrons. The number of nitrogens with one attached hydrogen (secondary N) is 1. The molecule has 1 aromatic carbocycles. The molecule has 22 heavy (non-hydrogen) atoms. The summed E-state index contributed by atoms with van der Waals surface area (Å²) in [5.74, 6) is 2.88. The van der Waals surface area contributed by atoms with E-state index >= 15 is 0 Å². The zero-order chi connectivity index (χ0) is 15.5. The van der Waals surface area contributed by atoms with E-state index in [1.165, 1.54) is 5.56 Å². The average molecular weight is 299 g/mol. The molecule has 0 radical (unpaired) electrons. The third kappa shape index (κ3) is 3.13. The summed E-state index contributed by atoms with van der Waals surface area (Å²) in [5.41, 5.74) is 3.27. The van der Waals surface area contributed by atoms with Gasteiger partial charge in [-0.25, -0.2) is 9.97 Å². The number of methoxy groups -OCH3 is 1. The van der Waals surface area contributed by atoms with Gasteiger partial charge in [0.2, 0.25) is 5.95 Å². The second kappa shape index (κ2) is 6.22. The SMILES string of the molecule is CNc1nc(C)cc(CC2COc3cc(OC)ccc3C2)n1. The molecular weight excluding hydrogens is 278 g/mol. The normalized spacial score (nSPS) is 16.6. The van der Waals surface area contributed by atoms with Crippen molar-refractivity contribution in [1.29, 1.82) is 0 Å². The Hall–Kier alpha value is -2.30. The van der Waals surface area contributed by atoms with Crippen LogP contribution in [0.1, 0.15) is 17.0 Å². The van der Waals surface area contributed by atoms with Crippen LogP contribution in [0.25, 0.3) is 0 Å². The lowest BCUT2D eigenvalue weighted by Crippen LogP contribution is -2.23. The van der Waals surface area contributed by atoms with Gasteiger partial charge in [0.05, 0.1) is 13.7 Å². The highest BCUT2D eigenvalue weighted by molar-refractivity contribution is 5.42. The molecule has 1 aliphatic rings. The molecule has 3 rings (SSSR count). The highest BCUT2D eigenvalue weighted by Gasteiger charge is 2.21. The fourth-order valence-electron chi connectivity index (χ4n) is 2.82. The van der Waals surface area contributed by atoms with E-state index in [1.807, 2.05) is 32.2 Å². The fraction of sp³-hybridized carbons (Fsp3) is 0.412. The maximum atomic E-state index is 5.90. The molecule has 0 spiro atoms. The standard InChI is InChI=1S/C17H21N3O2/c1-11-6-14(20-17(18-2)19-11)8-12-7-13-4-5-15(21-3)9-16(13)22-10-12/h4-6,9,12H,7-8,10H2,1-3H3,(H,18,19,20). The van der Waals surface area contributed by atoms with E-state index in [0.29, 0.717) is 18.5 Å². The van der Waals surface area contributed by atoms with Gasteiger partial charge in [-0.15, -0.1) is 0 Å². The molecule has 1 unspecified atom stereocenters. The number of hydrogen-bond donors (Lipinski definition) is 1. The second-order valence-corrected chi connectivity index (χ2v) is 5.63. The first-order chi connectivity index (χ1) is 10.7. The van der Waals surface area contributed by atoms with Gasteiger partial charge in [0.1, 0.15) is 11.5 Å². The molecule has 5 heteroatoms. The Labute approximate surface area is 130 Å². The Morgan fingerprint density at radius 2 is 2.18 bits per heavy atom. The minimum Gasteiger partial charge on any atom is -0.497 e. The van der Waals surface area contributed by atoms with Gasteiger partial charge in [0.15, 0.2) is 0 Å². The Balaban J connectivity index is 1.74. The van der Waals surface area contributed by atoms with E-state index in [0.717, 1.165) is 35.7 Å². The molecule has 5 nitrogen and oxygen atoms in total. The molecule has 0 amide bonds. The van der Waals surface area contributed by atoms with E-state index in [4.69, 9.17) is 9.47 Å². The average Bonchev–Trinajstić information content (AvgIpc) is 2.53. The third-order valence-electron chi connectivity index (χ3n) is 3.89. The van der Waals surface area contributed by atoms with Gasteiger partial charge in [-0.05, 0) is 37.5 Å². The van der Waals surface area contributed by atoms with Crippen LogP contribution in [0.15, 0.2) is 24.3 Å². The van der Waals surface area contributed by atoms with Gasteiger partial charge < -0.3 is 14.8 Å². The summed E-state index contributed by atoms with van der Waals surface area (Å²) in [5, 5.41) is 3.01. The molecule has 0 saturated heterocycles. The van der Waals surface area contributed by atoms with E-state index in [9.17, 15) is 0 Å². The zero-order valence-electron chi connectivity index (χ0n) is 13.2. The number of benzene rings is 1. The summed E-state index contributed by atoms with van der Waals surface area (Å²) >= 11 is 0. The van der Waals surface area contributed by atoms with Crippen molar-refractivity contribution in [3.05, 3.63) is 41.2 Å². The highest BCUT2D eigenvalue weighted by atomic mass is 16.5. The lowest BCUT2D eigenvalue weighted by Gasteiger charge is -2.25. The van der Waals surface area contributed by atoms with Crippen LogP contribution < -0.4 is 14.8 Å². The number of hydrogen-bond acceptors (Lipinski definition) is 5. The maximum Gasteiger partial charge on any atom is 0.222 e. The molecule has 2 aromatic rings. The first-order valence-corrected chi connectivity index (χ1v) is 7.50. The minimum absolute atomic E-state index is 0.430. The van der Waals surface area contributed by atoms with E-state index in [2.05, 4.69) is 21.4 Å². The van der Waals surface area contributed by atoms with E-state index < -0.39 is 0 Å². The van der Waals surface area contributed by atoms with Gasteiger partial charge in [0.25, 0.3) is 0 Å². The summed E-state index contributed by atoms with van der Waals surface area (Å²) in [6.45, 7) is 2.70.